The van der Waals surface area contributed by atoms with Crippen molar-refractivity contribution in [2.75, 3.05) is 39.8 Å². The molecule has 2 N–H and O–H groups in total. The molecule has 0 aromatic heterocycles. The monoisotopic (exact) mass is 325 g/mol. The molecule has 0 aliphatic carbocycles. The first kappa shape index (κ1) is 17.2. The second kappa shape index (κ2) is 9.10. The van der Waals surface area contributed by atoms with Crippen LogP contribution in [-0.2, 0) is 16.1 Å². The molecule has 5 nitrogen and oxygen atoms in total. The van der Waals surface area contributed by atoms with E-state index in [0.717, 1.165) is 31.8 Å². The summed E-state index contributed by atoms with van der Waals surface area (Å²) >= 11 is 6.05. The van der Waals surface area contributed by atoms with E-state index >= 15 is 0 Å². The van der Waals surface area contributed by atoms with Crippen molar-refractivity contribution < 1.29 is 9.53 Å². The third kappa shape index (κ3) is 5.93. The van der Waals surface area contributed by atoms with E-state index in [-0.39, 0.29) is 12.0 Å². The first-order valence-corrected chi connectivity index (χ1v) is 8.04. The van der Waals surface area contributed by atoms with Crippen LogP contribution in [0.15, 0.2) is 24.3 Å². The molecule has 1 atom stereocenters. The number of carbonyl (C=O) groups excluding carboxylic acids is 1. The number of rotatable bonds is 7. The third-order valence-corrected chi connectivity index (χ3v) is 4.05. The van der Waals surface area contributed by atoms with Crippen LogP contribution in [0.1, 0.15) is 12.0 Å². The van der Waals surface area contributed by atoms with Crippen molar-refractivity contribution in [3.05, 3.63) is 34.9 Å². The molecule has 6 heteroatoms. The zero-order chi connectivity index (χ0) is 15.8. The Kier molecular flexibility index (Phi) is 7.12. The molecule has 1 fully saturated rings. The highest BCUT2D eigenvalue weighted by molar-refractivity contribution is 6.31. The smallest absolute Gasteiger partial charge is 0.221 e. The Balaban J connectivity index is 1.57. The van der Waals surface area contributed by atoms with Gasteiger partial charge in [-0.05, 0) is 18.7 Å². The molecular formula is C16H24ClN3O2. The summed E-state index contributed by atoms with van der Waals surface area (Å²) in [4.78, 5) is 14.1. The lowest BCUT2D eigenvalue weighted by atomic mass is 10.2. The molecule has 1 aromatic carbocycles. The number of hydrogen-bond acceptors (Lipinski definition) is 4. The lowest BCUT2D eigenvalue weighted by Crippen LogP contribution is -2.45. The molecule has 1 aromatic rings. The normalized spacial score (nSPS) is 19.1. The average Bonchev–Trinajstić information content (AvgIpc) is 2.51. The minimum Gasteiger partial charge on any atom is -0.374 e. The highest BCUT2D eigenvalue weighted by Crippen LogP contribution is 2.14. The van der Waals surface area contributed by atoms with Gasteiger partial charge in [-0.15, -0.1) is 0 Å². The fourth-order valence-corrected chi connectivity index (χ4v) is 2.58. The van der Waals surface area contributed by atoms with Crippen LogP contribution in [0.3, 0.4) is 0 Å². The minimum atomic E-state index is 0.0223. The van der Waals surface area contributed by atoms with Gasteiger partial charge >= 0.3 is 0 Å². The maximum absolute atomic E-state index is 11.8. The fraction of sp³-hybridized carbons (Fsp3) is 0.562. The largest absolute Gasteiger partial charge is 0.374 e. The number of nitrogens with zero attached hydrogens (tertiary/aromatic N) is 1. The van der Waals surface area contributed by atoms with Gasteiger partial charge in [-0.25, -0.2) is 0 Å². The van der Waals surface area contributed by atoms with Crippen LogP contribution >= 0.6 is 11.6 Å². The molecular weight excluding hydrogens is 302 g/mol. The van der Waals surface area contributed by atoms with Gasteiger partial charge < -0.3 is 20.3 Å². The van der Waals surface area contributed by atoms with Gasteiger partial charge in [0.15, 0.2) is 0 Å². The predicted molar refractivity (Wildman–Crippen MR) is 88.0 cm³/mol. The SMILES string of the molecule is CN1CCO[C@@H](CNCCC(=O)NCc2ccccc2Cl)C1. The number of halogens is 1. The van der Waals surface area contributed by atoms with Crippen LogP contribution in [0.4, 0.5) is 0 Å². The summed E-state index contributed by atoms with van der Waals surface area (Å²) in [6.07, 6.45) is 0.664. The molecule has 122 valence electrons. The lowest BCUT2D eigenvalue weighted by Gasteiger charge is -2.30. The lowest BCUT2D eigenvalue weighted by molar-refractivity contribution is -0.121. The highest BCUT2D eigenvalue weighted by Gasteiger charge is 2.16. The van der Waals surface area contributed by atoms with Crippen molar-refractivity contribution in [3.63, 3.8) is 0 Å². The summed E-state index contributed by atoms with van der Waals surface area (Å²) in [5.41, 5.74) is 0.934. The predicted octanol–water partition coefficient (Wildman–Crippen LogP) is 1.27. The number of amides is 1. The van der Waals surface area contributed by atoms with Crippen LogP contribution in [0.25, 0.3) is 0 Å². The summed E-state index contributed by atoms with van der Waals surface area (Å²) in [7, 11) is 2.09. The topological polar surface area (TPSA) is 53.6 Å². The molecule has 1 heterocycles. The van der Waals surface area contributed by atoms with Crippen molar-refractivity contribution in [1.82, 2.24) is 15.5 Å². The Bertz CT molecular complexity index is 484. The van der Waals surface area contributed by atoms with Gasteiger partial charge in [0.1, 0.15) is 0 Å². The van der Waals surface area contributed by atoms with E-state index in [0.29, 0.717) is 24.5 Å². The second-order valence-corrected chi connectivity index (χ2v) is 5.98. The summed E-state index contributed by atoms with van der Waals surface area (Å²) in [6.45, 7) is 4.60. The van der Waals surface area contributed by atoms with Crippen LogP contribution in [-0.4, -0.2) is 56.7 Å². The van der Waals surface area contributed by atoms with Gasteiger partial charge in [0.25, 0.3) is 0 Å². The quantitative estimate of drug-likeness (QED) is 0.741. The number of ether oxygens (including phenoxy) is 1. The molecule has 0 unspecified atom stereocenters. The van der Waals surface area contributed by atoms with Crippen LogP contribution in [0, 0.1) is 0 Å². The van der Waals surface area contributed by atoms with Crippen LogP contribution in [0.5, 0.6) is 0 Å². The Morgan fingerprint density at radius 2 is 2.27 bits per heavy atom. The molecule has 1 aliphatic heterocycles. The van der Waals surface area contributed by atoms with Gasteiger partial charge in [0, 0.05) is 44.2 Å². The van der Waals surface area contributed by atoms with E-state index in [4.69, 9.17) is 16.3 Å². The van der Waals surface area contributed by atoms with Crippen LogP contribution in [0.2, 0.25) is 5.02 Å². The number of benzene rings is 1. The molecule has 2 rings (SSSR count). The number of morpholine rings is 1. The van der Waals surface area contributed by atoms with Gasteiger partial charge in [-0.2, -0.15) is 0 Å². The number of likely N-dealkylation sites (N-methyl/N-ethyl adjacent to an activating group) is 1. The van der Waals surface area contributed by atoms with E-state index < -0.39 is 0 Å². The van der Waals surface area contributed by atoms with Crippen molar-refractivity contribution in [1.29, 1.82) is 0 Å². The maximum atomic E-state index is 11.8. The number of hydrogen-bond donors (Lipinski definition) is 2. The minimum absolute atomic E-state index is 0.0223. The molecule has 0 bridgehead atoms. The van der Waals surface area contributed by atoms with E-state index in [1.807, 2.05) is 24.3 Å². The molecule has 0 spiro atoms. The highest BCUT2D eigenvalue weighted by atomic mass is 35.5. The van der Waals surface area contributed by atoms with E-state index in [9.17, 15) is 4.79 Å². The second-order valence-electron chi connectivity index (χ2n) is 5.58. The summed E-state index contributed by atoms with van der Waals surface area (Å²) in [5.74, 6) is 0.0223. The molecule has 1 saturated heterocycles. The Labute approximate surface area is 137 Å². The Morgan fingerprint density at radius 3 is 3.05 bits per heavy atom. The Morgan fingerprint density at radius 1 is 1.45 bits per heavy atom. The van der Waals surface area contributed by atoms with Gasteiger partial charge in [-0.3, -0.25) is 4.79 Å². The fourth-order valence-electron chi connectivity index (χ4n) is 2.38. The summed E-state index contributed by atoms with van der Waals surface area (Å²) in [6, 6.07) is 7.53. The average molecular weight is 326 g/mol. The summed E-state index contributed by atoms with van der Waals surface area (Å²) < 4.78 is 5.65. The maximum Gasteiger partial charge on any atom is 0.221 e. The van der Waals surface area contributed by atoms with E-state index in [2.05, 4.69) is 22.6 Å². The van der Waals surface area contributed by atoms with E-state index in [1.54, 1.807) is 0 Å². The summed E-state index contributed by atoms with van der Waals surface area (Å²) in [5, 5.41) is 6.84. The van der Waals surface area contributed by atoms with Crippen molar-refractivity contribution in [2.24, 2.45) is 0 Å². The van der Waals surface area contributed by atoms with E-state index in [1.165, 1.54) is 0 Å². The van der Waals surface area contributed by atoms with Crippen LogP contribution < -0.4 is 10.6 Å². The first-order valence-electron chi connectivity index (χ1n) is 7.66. The molecule has 1 aliphatic rings. The third-order valence-electron chi connectivity index (χ3n) is 3.68. The standard InChI is InChI=1S/C16H24ClN3O2/c1-20-8-9-22-14(12-20)11-18-7-6-16(21)19-10-13-4-2-3-5-15(13)17/h2-5,14,18H,6-12H2,1H3,(H,19,21)/t14-/m0/s1. The van der Waals surface area contributed by atoms with Crippen molar-refractivity contribution in [2.45, 2.75) is 19.1 Å². The number of carbonyl (C=O) groups is 1. The Hall–Kier alpha value is -1.14. The van der Waals surface area contributed by atoms with Gasteiger partial charge in [0.2, 0.25) is 5.91 Å². The van der Waals surface area contributed by atoms with Gasteiger partial charge in [0.05, 0.1) is 12.7 Å². The van der Waals surface area contributed by atoms with Gasteiger partial charge in [-0.1, -0.05) is 29.8 Å². The van der Waals surface area contributed by atoms with Crippen molar-refractivity contribution >= 4 is 17.5 Å². The zero-order valence-corrected chi connectivity index (χ0v) is 13.7. The number of nitrogens with one attached hydrogen (secondary N) is 2. The molecule has 0 saturated carbocycles. The zero-order valence-electron chi connectivity index (χ0n) is 13.0. The molecule has 22 heavy (non-hydrogen) atoms. The molecule has 0 radical (unpaired) electrons. The molecule has 1 amide bonds. The van der Waals surface area contributed by atoms with Crippen molar-refractivity contribution in [3.8, 4) is 0 Å². The first-order chi connectivity index (χ1) is 10.6.